The first-order chi connectivity index (χ1) is 16.8. The van der Waals surface area contributed by atoms with E-state index in [0.717, 1.165) is 43.4 Å². The van der Waals surface area contributed by atoms with Crippen molar-refractivity contribution in [3.63, 3.8) is 0 Å². The number of benzene rings is 2. The molecule has 174 valence electrons. The number of nitriles is 1. The summed E-state index contributed by atoms with van der Waals surface area (Å²) < 4.78 is 1.96. The highest BCUT2D eigenvalue weighted by molar-refractivity contribution is 7.15. The fourth-order valence-corrected chi connectivity index (χ4v) is 5.62. The Morgan fingerprint density at radius 3 is 2.49 bits per heavy atom. The van der Waals surface area contributed by atoms with Gasteiger partial charge in [0.25, 0.3) is 0 Å². The predicted octanol–water partition coefficient (Wildman–Crippen LogP) is 5.41. The molecule has 3 heterocycles. The zero-order valence-corrected chi connectivity index (χ0v) is 20.6. The van der Waals surface area contributed by atoms with Crippen molar-refractivity contribution in [1.82, 2.24) is 14.8 Å². The maximum Gasteiger partial charge on any atom is 0.308 e. The molecule has 1 aliphatic heterocycles. The largest absolute Gasteiger partial charge is 0.481 e. The van der Waals surface area contributed by atoms with Crippen molar-refractivity contribution in [2.24, 2.45) is 10.9 Å². The molecule has 0 aliphatic carbocycles. The molecular weight excluding hydrogens is 458 g/mol. The molecule has 7 nitrogen and oxygen atoms in total. The molecule has 2 atom stereocenters. The van der Waals surface area contributed by atoms with E-state index < -0.39 is 17.9 Å². The van der Waals surface area contributed by atoms with Crippen molar-refractivity contribution in [2.75, 3.05) is 0 Å². The average Bonchev–Trinajstić information content (AvgIpc) is 3.33. The highest BCUT2D eigenvalue weighted by atomic mass is 32.1. The molecule has 8 heteroatoms. The summed E-state index contributed by atoms with van der Waals surface area (Å²) in [6, 6.07) is 17.0. The Morgan fingerprint density at radius 1 is 1.09 bits per heavy atom. The fraction of sp³-hybridized carbons (Fsp3) is 0.222. The molecule has 0 fully saturated rings. The molecule has 0 radical (unpaired) electrons. The summed E-state index contributed by atoms with van der Waals surface area (Å²) in [5.74, 6) is -0.471. The van der Waals surface area contributed by atoms with E-state index in [-0.39, 0.29) is 0 Å². The Bertz CT molecular complexity index is 1540. The number of carboxylic acid groups (broad SMARTS) is 1. The van der Waals surface area contributed by atoms with Crippen molar-refractivity contribution < 1.29 is 9.90 Å². The number of fused-ring (bicyclic) bond motifs is 3. The number of hydrogen-bond acceptors (Lipinski definition) is 6. The second-order valence-corrected chi connectivity index (χ2v) is 9.93. The number of thiophene rings is 1. The van der Waals surface area contributed by atoms with E-state index in [1.807, 2.05) is 54.0 Å². The second-order valence-electron chi connectivity index (χ2n) is 8.72. The van der Waals surface area contributed by atoms with Crippen LogP contribution in [0.5, 0.6) is 0 Å². The zero-order chi connectivity index (χ0) is 24.9. The number of aromatic nitrogens is 3. The van der Waals surface area contributed by atoms with Gasteiger partial charge in [-0.25, -0.2) is 0 Å². The molecule has 1 unspecified atom stereocenters. The molecular formula is C27H23N5O2S. The van der Waals surface area contributed by atoms with E-state index in [2.05, 4.69) is 30.1 Å². The van der Waals surface area contributed by atoms with Gasteiger partial charge >= 0.3 is 5.97 Å². The van der Waals surface area contributed by atoms with Crippen LogP contribution in [0.25, 0.3) is 16.1 Å². The zero-order valence-electron chi connectivity index (χ0n) is 19.8. The van der Waals surface area contributed by atoms with E-state index in [1.165, 1.54) is 0 Å². The summed E-state index contributed by atoms with van der Waals surface area (Å²) in [6.45, 7) is 7.68. The summed E-state index contributed by atoms with van der Waals surface area (Å²) in [6.07, 6.45) is 0. The number of aliphatic imine (C=N–C) groups is 1. The van der Waals surface area contributed by atoms with Crippen LogP contribution >= 0.6 is 11.3 Å². The van der Waals surface area contributed by atoms with Crippen LogP contribution in [0.3, 0.4) is 0 Å². The van der Waals surface area contributed by atoms with Crippen molar-refractivity contribution in [1.29, 1.82) is 5.26 Å². The second kappa shape index (κ2) is 8.60. The molecule has 4 aromatic rings. The summed E-state index contributed by atoms with van der Waals surface area (Å²) in [4.78, 5) is 18.2. The normalized spacial score (nSPS) is 15.4. The lowest BCUT2D eigenvalue weighted by Crippen LogP contribution is -2.21. The van der Waals surface area contributed by atoms with E-state index in [1.54, 1.807) is 24.3 Å². The number of carbonyl (C=O) groups is 1. The summed E-state index contributed by atoms with van der Waals surface area (Å²) in [5, 5.41) is 28.7. The van der Waals surface area contributed by atoms with Gasteiger partial charge in [0.1, 0.15) is 16.9 Å². The molecule has 2 aromatic carbocycles. The van der Waals surface area contributed by atoms with Crippen molar-refractivity contribution in [3.8, 4) is 22.2 Å². The van der Waals surface area contributed by atoms with Crippen LogP contribution in [0.1, 0.15) is 51.7 Å². The minimum atomic E-state index is -0.934. The summed E-state index contributed by atoms with van der Waals surface area (Å²) >= 11 is 1.64. The minimum absolute atomic E-state index is 0.542. The Balaban J connectivity index is 1.70. The maximum atomic E-state index is 12.0. The van der Waals surface area contributed by atoms with Gasteiger partial charge in [0.05, 0.1) is 23.3 Å². The maximum absolute atomic E-state index is 12.0. The number of aliphatic carboxylic acids is 1. The number of nitrogens with zero attached hydrogens (tertiary/aromatic N) is 5. The molecule has 0 amide bonds. The number of rotatable bonds is 4. The summed E-state index contributed by atoms with van der Waals surface area (Å²) in [5.41, 5.74) is 6.29. The molecule has 2 aromatic heterocycles. The van der Waals surface area contributed by atoms with Crippen LogP contribution in [-0.2, 0) is 4.79 Å². The van der Waals surface area contributed by atoms with E-state index in [4.69, 9.17) is 4.99 Å². The first-order valence-corrected chi connectivity index (χ1v) is 12.1. The van der Waals surface area contributed by atoms with Crippen LogP contribution in [0.4, 0.5) is 0 Å². The predicted molar refractivity (Wildman–Crippen MR) is 135 cm³/mol. The van der Waals surface area contributed by atoms with E-state index in [0.29, 0.717) is 17.2 Å². The molecule has 1 N–H and O–H groups in total. The van der Waals surface area contributed by atoms with Crippen LogP contribution in [0, 0.1) is 38.0 Å². The van der Waals surface area contributed by atoms with Crippen LogP contribution in [0.15, 0.2) is 53.5 Å². The average molecular weight is 482 g/mol. The Morgan fingerprint density at radius 2 is 1.80 bits per heavy atom. The topological polar surface area (TPSA) is 104 Å². The molecule has 5 rings (SSSR count). The Hall–Kier alpha value is -4.09. The lowest BCUT2D eigenvalue weighted by molar-refractivity contribution is -0.141. The fourth-order valence-electron chi connectivity index (χ4n) is 4.41. The lowest BCUT2D eigenvalue weighted by Gasteiger charge is -2.16. The van der Waals surface area contributed by atoms with Gasteiger partial charge in [-0.3, -0.25) is 14.4 Å². The molecule has 1 aliphatic rings. The monoisotopic (exact) mass is 481 g/mol. The quantitative estimate of drug-likeness (QED) is 0.420. The van der Waals surface area contributed by atoms with E-state index in [9.17, 15) is 15.2 Å². The third-order valence-electron chi connectivity index (χ3n) is 6.54. The highest BCUT2D eigenvalue weighted by Crippen LogP contribution is 2.40. The van der Waals surface area contributed by atoms with Gasteiger partial charge in [0.15, 0.2) is 5.82 Å². The van der Waals surface area contributed by atoms with Crippen molar-refractivity contribution >= 4 is 23.0 Å². The SMILES string of the molecule is Cc1sc2c(c1C)C(c1ccc(-c3cccc(C#N)c3)cc1)=N[C@@H](C(C)C(=O)O)c1nnc(C)n1-2. The molecule has 0 saturated heterocycles. The third-order valence-corrected chi connectivity index (χ3v) is 7.73. The molecule has 0 spiro atoms. The lowest BCUT2D eigenvalue weighted by atomic mass is 9.96. The first-order valence-electron chi connectivity index (χ1n) is 11.2. The van der Waals surface area contributed by atoms with Gasteiger partial charge in [-0.15, -0.1) is 21.5 Å². The van der Waals surface area contributed by atoms with Gasteiger partial charge in [-0.1, -0.05) is 36.4 Å². The molecule has 35 heavy (non-hydrogen) atoms. The number of aryl methyl sites for hydroxylation is 2. The van der Waals surface area contributed by atoms with Crippen LogP contribution in [-0.4, -0.2) is 31.6 Å². The van der Waals surface area contributed by atoms with Gasteiger partial charge in [0.2, 0.25) is 0 Å². The smallest absolute Gasteiger partial charge is 0.308 e. The van der Waals surface area contributed by atoms with E-state index >= 15 is 0 Å². The van der Waals surface area contributed by atoms with Crippen molar-refractivity contribution in [3.05, 3.63) is 87.3 Å². The molecule has 0 bridgehead atoms. The van der Waals surface area contributed by atoms with Crippen molar-refractivity contribution in [2.45, 2.75) is 33.7 Å². The minimum Gasteiger partial charge on any atom is -0.481 e. The van der Waals surface area contributed by atoms with Gasteiger partial charge in [0, 0.05) is 16.0 Å². The Labute approximate surface area is 207 Å². The first kappa shape index (κ1) is 22.7. The van der Waals surface area contributed by atoms with Crippen LogP contribution in [0.2, 0.25) is 0 Å². The standard InChI is InChI=1S/C27H23N5O2S/c1-14-16(3)35-26-22(14)24(29-23(15(2)27(33)34)25-31-30-17(4)32(25)26)20-10-8-19(9-11-20)21-7-5-6-18(12-21)13-28/h5-12,15,23H,1-4H3,(H,33,34)/t15?,23-/m0/s1. The highest BCUT2D eigenvalue weighted by Gasteiger charge is 2.36. The number of hydrogen-bond donors (Lipinski definition) is 1. The van der Waals surface area contributed by atoms with Gasteiger partial charge < -0.3 is 5.11 Å². The van der Waals surface area contributed by atoms with Crippen LogP contribution < -0.4 is 0 Å². The van der Waals surface area contributed by atoms with Gasteiger partial charge in [-0.05, 0) is 56.5 Å². The Kier molecular flexibility index (Phi) is 5.58. The molecule has 0 saturated carbocycles. The summed E-state index contributed by atoms with van der Waals surface area (Å²) in [7, 11) is 0. The number of carboxylic acids is 1. The van der Waals surface area contributed by atoms with Gasteiger partial charge in [-0.2, -0.15) is 5.26 Å². The third kappa shape index (κ3) is 3.74.